The van der Waals surface area contributed by atoms with Crippen LogP contribution in [0, 0.1) is 11.5 Å². The largest absolute Gasteiger partial charge is 0.295 e. The fraction of sp³-hybridized carbons (Fsp3) is 0.750. The molecule has 1 nitrogen and oxygen atoms in total. The molecule has 0 aromatic carbocycles. The van der Waals surface area contributed by atoms with E-state index in [0.717, 1.165) is 6.54 Å². The van der Waals surface area contributed by atoms with Crippen LogP contribution in [0.2, 0.25) is 19.6 Å². The van der Waals surface area contributed by atoms with E-state index in [9.17, 15) is 0 Å². The lowest BCUT2D eigenvalue weighted by Gasteiger charge is -2.05. The Hall–Kier alpha value is 0.0869. The summed E-state index contributed by atoms with van der Waals surface area (Å²) >= 11 is 1.92. The number of thioether (sulfide) groups is 1. The Morgan fingerprint density at radius 3 is 2.64 bits per heavy atom. The molecule has 1 atom stereocenters. The summed E-state index contributed by atoms with van der Waals surface area (Å²) < 4.78 is 0. The van der Waals surface area contributed by atoms with Crippen LogP contribution in [0.5, 0.6) is 0 Å². The fourth-order valence-corrected chi connectivity index (χ4v) is 2.33. The summed E-state index contributed by atoms with van der Waals surface area (Å²) in [6.45, 7) is 7.95. The van der Waals surface area contributed by atoms with Gasteiger partial charge in [0.1, 0.15) is 13.4 Å². The molecule has 0 aromatic rings. The quantitative estimate of drug-likeness (QED) is 0.454. The summed E-state index contributed by atoms with van der Waals surface area (Å²) in [5.41, 5.74) is 3.37. The second kappa shape index (κ2) is 3.66. The van der Waals surface area contributed by atoms with Crippen molar-refractivity contribution in [3.63, 3.8) is 0 Å². The van der Waals surface area contributed by atoms with E-state index < -0.39 is 8.07 Å². The minimum absolute atomic E-state index is 0.418. The average Bonchev–Trinajstić information content (AvgIpc) is 2.32. The molecule has 0 amide bonds. The molecule has 1 aliphatic heterocycles. The van der Waals surface area contributed by atoms with E-state index in [1.54, 1.807) is 0 Å². The molecule has 1 fully saturated rings. The van der Waals surface area contributed by atoms with Crippen molar-refractivity contribution in [2.24, 2.45) is 0 Å². The second-order valence-corrected chi connectivity index (χ2v) is 9.69. The maximum Gasteiger partial charge on any atom is 0.129 e. The molecule has 0 bridgehead atoms. The zero-order valence-electron chi connectivity index (χ0n) is 7.40. The Balaban J connectivity index is 2.42. The molecular formula is C8H15NSSi. The molecule has 1 saturated heterocycles. The Labute approximate surface area is 74.3 Å². The maximum atomic E-state index is 3.37. The first kappa shape index (κ1) is 9.18. The lowest BCUT2D eigenvalue weighted by atomic mass is 10.6. The average molecular weight is 185 g/mol. The molecule has 1 unspecified atom stereocenters. The van der Waals surface area contributed by atoms with Crippen molar-refractivity contribution in [1.82, 2.24) is 5.32 Å². The van der Waals surface area contributed by atoms with Gasteiger partial charge < -0.3 is 0 Å². The summed E-state index contributed by atoms with van der Waals surface area (Å²) in [4.78, 5) is 0. The molecule has 0 aliphatic carbocycles. The molecule has 1 rings (SSSR count). The molecule has 1 aliphatic rings. The first-order chi connectivity index (χ1) is 5.08. The molecule has 0 aromatic heterocycles. The zero-order chi connectivity index (χ0) is 8.32. The summed E-state index contributed by atoms with van der Waals surface area (Å²) in [5.74, 6) is 4.50. The van der Waals surface area contributed by atoms with Crippen LogP contribution in [0.1, 0.15) is 0 Å². The van der Waals surface area contributed by atoms with Crippen molar-refractivity contribution in [2.45, 2.75) is 25.0 Å². The Morgan fingerprint density at radius 2 is 2.18 bits per heavy atom. The van der Waals surface area contributed by atoms with Crippen molar-refractivity contribution in [3.8, 4) is 11.5 Å². The summed E-state index contributed by atoms with van der Waals surface area (Å²) in [6, 6.07) is 0. The highest BCUT2D eigenvalue weighted by Crippen LogP contribution is 2.12. The van der Waals surface area contributed by atoms with Gasteiger partial charge in [0.25, 0.3) is 0 Å². The highest BCUT2D eigenvalue weighted by atomic mass is 32.2. The van der Waals surface area contributed by atoms with E-state index in [4.69, 9.17) is 0 Å². The third-order valence-corrected chi connectivity index (χ3v) is 3.25. The van der Waals surface area contributed by atoms with Gasteiger partial charge in [0.2, 0.25) is 0 Å². The van der Waals surface area contributed by atoms with E-state index in [1.807, 2.05) is 11.8 Å². The molecule has 0 spiro atoms. The van der Waals surface area contributed by atoms with Crippen LogP contribution in [-0.4, -0.2) is 25.7 Å². The minimum Gasteiger partial charge on any atom is -0.295 e. The van der Waals surface area contributed by atoms with E-state index >= 15 is 0 Å². The first-order valence-corrected chi connectivity index (χ1v) is 8.50. The molecule has 1 N–H and O–H groups in total. The Morgan fingerprint density at radius 1 is 1.45 bits per heavy atom. The summed E-state index contributed by atoms with van der Waals surface area (Å²) in [7, 11) is -1.14. The van der Waals surface area contributed by atoms with Crippen LogP contribution in [0.3, 0.4) is 0 Å². The lowest BCUT2D eigenvalue weighted by Crippen LogP contribution is -2.21. The van der Waals surface area contributed by atoms with Crippen molar-refractivity contribution >= 4 is 19.8 Å². The summed E-state index contributed by atoms with van der Waals surface area (Å²) in [5, 5.41) is 3.76. The van der Waals surface area contributed by atoms with Gasteiger partial charge in [-0.15, -0.1) is 17.3 Å². The normalized spacial score (nSPS) is 24.5. The third kappa shape index (κ3) is 3.85. The van der Waals surface area contributed by atoms with Gasteiger partial charge in [0.05, 0.1) is 0 Å². The molecule has 1 heterocycles. The van der Waals surface area contributed by atoms with Gasteiger partial charge in [-0.2, -0.15) is 0 Å². The van der Waals surface area contributed by atoms with E-state index in [-0.39, 0.29) is 0 Å². The van der Waals surface area contributed by atoms with Gasteiger partial charge in [-0.05, 0) is 0 Å². The van der Waals surface area contributed by atoms with Gasteiger partial charge in [0.15, 0.2) is 0 Å². The predicted molar refractivity (Wildman–Crippen MR) is 55.4 cm³/mol. The monoisotopic (exact) mass is 185 g/mol. The van der Waals surface area contributed by atoms with Gasteiger partial charge >= 0.3 is 0 Å². The van der Waals surface area contributed by atoms with E-state index in [2.05, 4.69) is 36.4 Å². The number of nitrogens with one attached hydrogen (secondary N) is 1. The maximum absolute atomic E-state index is 3.37. The molecule has 62 valence electrons. The Bertz CT molecular complexity index is 180. The van der Waals surface area contributed by atoms with Crippen LogP contribution >= 0.6 is 11.8 Å². The van der Waals surface area contributed by atoms with Crippen LogP contribution in [0.4, 0.5) is 0 Å². The van der Waals surface area contributed by atoms with Crippen LogP contribution in [0.15, 0.2) is 0 Å². The summed E-state index contributed by atoms with van der Waals surface area (Å²) in [6.07, 6.45) is 0. The number of rotatable bonds is 0. The van der Waals surface area contributed by atoms with Crippen LogP contribution < -0.4 is 5.32 Å². The second-order valence-electron chi connectivity index (χ2n) is 3.72. The predicted octanol–water partition coefficient (Wildman–Crippen LogP) is 1.53. The van der Waals surface area contributed by atoms with Crippen LogP contribution in [-0.2, 0) is 0 Å². The third-order valence-electron chi connectivity index (χ3n) is 1.29. The van der Waals surface area contributed by atoms with E-state index in [1.165, 1.54) is 5.75 Å². The minimum atomic E-state index is -1.14. The van der Waals surface area contributed by atoms with Crippen molar-refractivity contribution in [1.29, 1.82) is 0 Å². The standard InChI is InChI=1S/C8H15NSSi/c1-11(2,3)7-4-8-9-5-6-10-8/h8-9H,5-6H2,1-3H3. The smallest absolute Gasteiger partial charge is 0.129 e. The lowest BCUT2D eigenvalue weighted by molar-refractivity contribution is 0.819. The number of hydrogen-bond acceptors (Lipinski definition) is 2. The van der Waals surface area contributed by atoms with Crippen molar-refractivity contribution in [3.05, 3.63) is 0 Å². The van der Waals surface area contributed by atoms with E-state index in [0.29, 0.717) is 5.37 Å². The van der Waals surface area contributed by atoms with Gasteiger partial charge in [0, 0.05) is 12.3 Å². The molecular weight excluding hydrogens is 170 g/mol. The molecule has 3 heteroatoms. The highest BCUT2D eigenvalue weighted by Gasteiger charge is 2.13. The number of hydrogen-bond donors (Lipinski definition) is 1. The molecule has 0 radical (unpaired) electrons. The van der Waals surface area contributed by atoms with Crippen molar-refractivity contribution < 1.29 is 0 Å². The molecule has 0 saturated carbocycles. The van der Waals surface area contributed by atoms with Crippen LogP contribution in [0.25, 0.3) is 0 Å². The topological polar surface area (TPSA) is 12.0 Å². The SMILES string of the molecule is C[Si](C)(C)C#CC1NCCS1. The van der Waals surface area contributed by atoms with Gasteiger partial charge in [-0.25, -0.2) is 0 Å². The first-order valence-electron chi connectivity index (χ1n) is 3.96. The Kier molecular flexibility index (Phi) is 3.05. The highest BCUT2D eigenvalue weighted by molar-refractivity contribution is 8.00. The van der Waals surface area contributed by atoms with Crippen molar-refractivity contribution in [2.75, 3.05) is 12.3 Å². The fourth-order valence-electron chi connectivity index (χ4n) is 0.800. The zero-order valence-corrected chi connectivity index (χ0v) is 9.22. The van der Waals surface area contributed by atoms with Gasteiger partial charge in [-0.1, -0.05) is 25.6 Å². The molecule has 11 heavy (non-hydrogen) atoms. The van der Waals surface area contributed by atoms with Gasteiger partial charge in [-0.3, -0.25) is 5.32 Å².